The summed E-state index contributed by atoms with van der Waals surface area (Å²) in [6, 6.07) is 0. The lowest BCUT2D eigenvalue weighted by atomic mass is 9.83. The molecular weight excluding hydrogens is 268 g/mol. The highest BCUT2D eigenvalue weighted by molar-refractivity contribution is 5.70. The van der Waals surface area contributed by atoms with Crippen molar-refractivity contribution >= 4 is 5.97 Å². The lowest BCUT2D eigenvalue weighted by molar-refractivity contribution is -0.149. The number of esters is 1. The predicted molar refractivity (Wildman–Crippen MR) is 75.2 cm³/mol. The molecule has 0 rings (SSSR count). The first-order valence-corrected chi connectivity index (χ1v) is 5.69. The van der Waals surface area contributed by atoms with E-state index in [1.807, 2.05) is 0 Å². The highest BCUT2D eigenvalue weighted by Gasteiger charge is 2.30. The second kappa shape index (κ2) is 14.7. The van der Waals surface area contributed by atoms with Crippen molar-refractivity contribution in [3.63, 3.8) is 0 Å². The lowest BCUT2D eigenvalue weighted by Crippen LogP contribution is -2.35. The number of aliphatic hydroxyl groups excluding tert-OH is 3. The summed E-state index contributed by atoms with van der Waals surface area (Å²) < 4.78 is 14.6. The van der Waals surface area contributed by atoms with Gasteiger partial charge in [0.15, 0.2) is 0 Å². The molecule has 0 spiro atoms. The van der Waals surface area contributed by atoms with Crippen molar-refractivity contribution in [1.82, 2.24) is 0 Å². The SMILES string of the molecule is C.C.COC(=O)COCC(CCO)(CCO)COCO. The Morgan fingerprint density at radius 1 is 1.00 bits per heavy atom. The summed E-state index contributed by atoms with van der Waals surface area (Å²) in [5, 5.41) is 26.7. The average molecular weight is 298 g/mol. The van der Waals surface area contributed by atoms with Crippen LogP contribution in [0, 0.1) is 5.41 Å². The zero-order valence-electron chi connectivity index (χ0n) is 10.6. The van der Waals surface area contributed by atoms with Crippen LogP contribution in [0.25, 0.3) is 0 Å². The van der Waals surface area contributed by atoms with Gasteiger partial charge >= 0.3 is 5.97 Å². The van der Waals surface area contributed by atoms with Crippen LogP contribution >= 0.6 is 0 Å². The molecule has 7 nitrogen and oxygen atoms in total. The Labute approximate surface area is 121 Å². The van der Waals surface area contributed by atoms with E-state index in [2.05, 4.69) is 4.74 Å². The normalized spacial score (nSPS) is 10.4. The minimum Gasteiger partial charge on any atom is -0.467 e. The molecule has 0 aromatic carbocycles. The molecule has 7 heteroatoms. The van der Waals surface area contributed by atoms with E-state index in [1.54, 1.807) is 0 Å². The minimum atomic E-state index is -0.625. The Hall–Kier alpha value is -0.730. The first kappa shape index (κ1) is 24.3. The summed E-state index contributed by atoms with van der Waals surface area (Å²) >= 11 is 0. The van der Waals surface area contributed by atoms with E-state index in [0.29, 0.717) is 12.8 Å². The van der Waals surface area contributed by atoms with Gasteiger partial charge < -0.3 is 29.5 Å². The predicted octanol–water partition coefficient (Wildman–Crippen LogP) is 0.166. The van der Waals surface area contributed by atoms with Crippen LogP contribution < -0.4 is 0 Å². The van der Waals surface area contributed by atoms with Crippen molar-refractivity contribution < 1.29 is 34.3 Å². The molecule has 0 aromatic rings. The van der Waals surface area contributed by atoms with Gasteiger partial charge in [-0.3, -0.25) is 0 Å². The zero-order chi connectivity index (χ0) is 13.9. The highest BCUT2D eigenvalue weighted by atomic mass is 16.6. The van der Waals surface area contributed by atoms with E-state index in [0.717, 1.165) is 0 Å². The van der Waals surface area contributed by atoms with Gasteiger partial charge in [-0.15, -0.1) is 0 Å². The third kappa shape index (κ3) is 10.1. The minimum absolute atomic E-state index is 0. The van der Waals surface area contributed by atoms with Crippen LogP contribution in [0.1, 0.15) is 27.7 Å². The molecule has 0 aliphatic carbocycles. The maximum absolute atomic E-state index is 10.9. The number of hydrogen-bond acceptors (Lipinski definition) is 7. The smallest absolute Gasteiger partial charge is 0.331 e. The molecule has 0 heterocycles. The summed E-state index contributed by atoms with van der Waals surface area (Å²) in [6.45, 7) is -0.592. The van der Waals surface area contributed by atoms with Crippen LogP contribution in [0.5, 0.6) is 0 Å². The molecule has 0 fully saturated rings. The molecule has 0 aliphatic heterocycles. The molecule has 0 unspecified atom stereocenters. The Kier molecular flexibility index (Phi) is 17.8. The third-order valence-electron chi connectivity index (χ3n) is 2.64. The second-order valence-electron chi connectivity index (χ2n) is 3.99. The number of rotatable bonds is 11. The number of ether oxygens (including phenoxy) is 3. The van der Waals surface area contributed by atoms with Crippen molar-refractivity contribution in [3.8, 4) is 0 Å². The van der Waals surface area contributed by atoms with Crippen molar-refractivity contribution in [1.29, 1.82) is 0 Å². The summed E-state index contributed by atoms with van der Waals surface area (Å²) in [5.74, 6) is -0.500. The van der Waals surface area contributed by atoms with Crippen LogP contribution in [0.3, 0.4) is 0 Å². The molecule has 0 saturated carbocycles. The number of carbonyl (C=O) groups is 1. The van der Waals surface area contributed by atoms with Gasteiger partial charge in [0.1, 0.15) is 13.4 Å². The third-order valence-corrected chi connectivity index (χ3v) is 2.64. The maximum atomic E-state index is 10.9. The van der Waals surface area contributed by atoms with Crippen LogP contribution in [0.4, 0.5) is 0 Å². The fourth-order valence-corrected chi connectivity index (χ4v) is 1.60. The summed E-state index contributed by atoms with van der Waals surface area (Å²) in [7, 11) is 1.26. The van der Waals surface area contributed by atoms with E-state index in [4.69, 9.17) is 24.8 Å². The molecule has 0 amide bonds. The Balaban J connectivity index is -0.00000144. The van der Waals surface area contributed by atoms with Gasteiger partial charge in [-0.05, 0) is 12.8 Å². The first-order valence-electron chi connectivity index (χ1n) is 5.69. The molecule has 124 valence electrons. The van der Waals surface area contributed by atoms with Crippen LogP contribution in [0.2, 0.25) is 0 Å². The monoisotopic (exact) mass is 298 g/mol. The molecule has 0 aromatic heterocycles. The largest absolute Gasteiger partial charge is 0.467 e. The number of aliphatic hydroxyl groups is 3. The summed E-state index contributed by atoms with van der Waals surface area (Å²) in [4.78, 5) is 10.9. The van der Waals surface area contributed by atoms with Crippen molar-refractivity contribution in [2.24, 2.45) is 5.41 Å². The van der Waals surface area contributed by atoms with E-state index in [1.165, 1.54) is 7.11 Å². The second-order valence-corrected chi connectivity index (χ2v) is 3.99. The molecule has 0 radical (unpaired) electrons. The molecular formula is C13H30O7. The molecule has 0 atom stereocenters. The fraction of sp³-hybridized carbons (Fsp3) is 0.923. The quantitative estimate of drug-likeness (QED) is 0.369. The molecule has 0 aliphatic rings. The van der Waals surface area contributed by atoms with Crippen molar-refractivity contribution in [3.05, 3.63) is 0 Å². The number of carbonyl (C=O) groups excluding carboxylic acids is 1. The van der Waals surface area contributed by atoms with Gasteiger partial charge in [-0.1, -0.05) is 14.9 Å². The van der Waals surface area contributed by atoms with Gasteiger partial charge in [-0.2, -0.15) is 0 Å². The molecule has 0 bridgehead atoms. The topological polar surface area (TPSA) is 105 Å². The zero-order valence-corrected chi connectivity index (χ0v) is 10.6. The average Bonchev–Trinajstić information content (AvgIpc) is 2.36. The summed E-state index contributed by atoms with van der Waals surface area (Å²) in [5.41, 5.74) is -0.625. The van der Waals surface area contributed by atoms with Crippen molar-refractivity contribution in [2.45, 2.75) is 27.7 Å². The van der Waals surface area contributed by atoms with Crippen LogP contribution in [0.15, 0.2) is 0 Å². The Morgan fingerprint density at radius 3 is 1.90 bits per heavy atom. The molecule has 20 heavy (non-hydrogen) atoms. The number of methoxy groups -OCH3 is 1. The first-order chi connectivity index (χ1) is 8.64. The lowest BCUT2D eigenvalue weighted by Gasteiger charge is -2.31. The van der Waals surface area contributed by atoms with Gasteiger partial charge in [0.25, 0.3) is 0 Å². The van der Waals surface area contributed by atoms with Crippen LogP contribution in [-0.4, -0.2) is 68.2 Å². The van der Waals surface area contributed by atoms with Gasteiger partial charge in [0, 0.05) is 18.6 Å². The van der Waals surface area contributed by atoms with E-state index >= 15 is 0 Å². The van der Waals surface area contributed by atoms with E-state index in [-0.39, 0.29) is 47.9 Å². The maximum Gasteiger partial charge on any atom is 0.331 e. The van der Waals surface area contributed by atoms with E-state index < -0.39 is 18.2 Å². The molecule has 0 saturated heterocycles. The van der Waals surface area contributed by atoms with Crippen molar-refractivity contribution in [2.75, 3.05) is 46.9 Å². The number of hydrogen-bond donors (Lipinski definition) is 3. The fourth-order valence-electron chi connectivity index (χ4n) is 1.60. The molecule has 3 N–H and O–H groups in total. The standard InChI is InChI=1S/C11H22O7.2CH4/c1-16-10(15)6-17-7-11(2-4-12,3-5-13)8-18-9-14;;/h12-14H,2-9H2,1H3;2*1H4. The Morgan fingerprint density at radius 2 is 1.50 bits per heavy atom. The van der Waals surface area contributed by atoms with Gasteiger partial charge in [0.05, 0.1) is 20.3 Å². The van der Waals surface area contributed by atoms with Gasteiger partial charge in [-0.25, -0.2) is 4.79 Å². The Bertz CT molecular complexity index is 215. The van der Waals surface area contributed by atoms with Crippen LogP contribution in [-0.2, 0) is 19.0 Å². The summed E-state index contributed by atoms with van der Waals surface area (Å²) in [6.07, 6.45) is 0.684. The highest BCUT2D eigenvalue weighted by Crippen LogP contribution is 2.27. The van der Waals surface area contributed by atoms with Gasteiger partial charge in [0.2, 0.25) is 0 Å². The van der Waals surface area contributed by atoms with E-state index in [9.17, 15) is 4.79 Å².